The van der Waals surface area contributed by atoms with Crippen LogP contribution < -0.4 is 5.32 Å². The average molecular weight is 274 g/mol. The van der Waals surface area contributed by atoms with Gasteiger partial charge in [-0.3, -0.25) is 4.98 Å². The maximum absolute atomic E-state index is 5.91. The van der Waals surface area contributed by atoms with Crippen LogP contribution >= 0.6 is 0 Å². The molecule has 0 saturated heterocycles. The van der Waals surface area contributed by atoms with E-state index in [0.29, 0.717) is 17.6 Å². The van der Waals surface area contributed by atoms with Gasteiger partial charge in [-0.25, -0.2) is 0 Å². The molecule has 1 N–H and O–H groups in total. The number of aromatic nitrogens is 1. The zero-order valence-electron chi connectivity index (χ0n) is 12.7. The lowest BCUT2D eigenvalue weighted by atomic mass is 9.51. The third-order valence-electron chi connectivity index (χ3n) is 5.32. The van der Waals surface area contributed by atoms with Gasteiger partial charge in [0.25, 0.3) is 0 Å². The quantitative estimate of drug-likeness (QED) is 0.865. The van der Waals surface area contributed by atoms with E-state index in [-0.39, 0.29) is 0 Å². The van der Waals surface area contributed by atoms with Crippen molar-refractivity contribution in [1.82, 2.24) is 10.3 Å². The first-order valence-electron chi connectivity index (χ1n) is 8.08. The lowest BCUT2D eigenvalue weighted by Gasteiger charge is -2.61. The molecule has 1 spiro atoms. The maximum Gasteiger partial charge on any atom is 0.0661 e. The lowest BCUT2D eigenvalue weighted by molar-refractivity contribution is -0.173. The first-order valence-corrected chi connectivity index (χ1v) is 8.08. The standard InChI is InChI=1S/C17H26N2O/c1-3-13-7-5-10-18-14(13)12-19-15-11-16(20-4-2)17(15)8-6-9-17/h5,7,10,15-16,19H,3-4,6,8-9,11-12H2,1-2H3. The van der Waals surface area contributed by atoms with Crippen molar-refractivity contribution < 1.29 is 4.74 Å². The van der Waals surface area contributed by atoms with Crippen molar-refractivity contribution in [2.75, 3.05) is 6.61 Å². The maximum atomic E-state index is 5.91. The summed E-state index contributed by atoms with van der Waals surface area (Å²) in [7, 11) is 0. The number of hydrogen-bond acceptors (Lipinski definition) is 3. The van der Waals surface area contributed by atoms with Crippen LogP contribution in [-0.2, 0) is 17.7 Å². The number of nitrogens with one attached hydrogen (secondary N) is 1. The van der Waals surface area contributed by atoms with Gasteiger partial charge >= 0.3 is 0 Å². The lowest BCUT2D eigenvalue weighted by Crippen LogP contribution is -2.66. The molecule has 1 aromatic rings. The largest absolute Gasteiger partial charge is 0.378 e. The van der Waals surface area contributed by atoms with Crippen molar-refractivity contribution in [1.29, 1.82) is 0 Å². The van der Waals surface area contributed by atoms with E-state index < -0.39 is 0 Å². The molecule has 3 heteroatoms. The van der Waals surface area contributed by atoms with Gasteiger partial charge in [0, 0.05) is 30.8 Å². The highest BCUT2D eigenvalue weighted by molar-refractivity contribution is 5.20. The van der Waals surface area contributed by atoms with Crippen LogP contribution in [0.1, 0.15) is 50.8 Å². The predicted octanol–water partition coefficient (Wildman–Crippen LogP) is 3.08. The van der Waals surface area contributed by atoms with E-state index in [4.69, 9.17) is 4.74 Å². The summed E-state index contributed by atoms with van der Waals surface area (Å²) < 4.78 is 5.91. The van der Waals surface area contributed by atoms with Crippen LogP contribution in [0.5, 0.6) is 0 Å². The number of ether oxygens (including phenoxy) is 1. The third kappa shape index (κ3) is 2.27. The normalized spacial score (nSPS) is 27.1. The van der Waals surface area contributed by atoms with Crippen LogP contribution in [0.4, 0.5) is 0 Å². The van der Waals surface area contributed by atoms with Gasteiger partial charge in [-0.1, -0.05) is 19.4 Å². The molecule has 2 aliphatic rings. The Hall–Kier alpha value is -0.930. The average Bonchev–Trinajstić information content (AvgIpc) is 2.40. The SMILES string of the molecule is CCOC1CC(NCc2ncccc2CC)C12CCC2. The molecule has 2 saturated carbocycles. The van der Waals surface area contributed by atoms with Crippen LogP contribution in [0.15, 0.2) is 18.3 Å². The number of pyridine rings is 1. The van der Waals surface area contributed by atoms with Gasteiger partial charge in [0.2, 0.25) is 0 Å². The molecule has 1 heterocycles. The summed E-state index contributed by atoms with van der Waals surface area (Å²) in [4.78, 5) is 4.53. The van der Waals surface area contributed by atoms with Gasteiger partial charge in [0.1, 0.15) is 0 Å². The van der Waals surface area contributed by atoms with E-state index in [1.54, 1.807) is 0 Å². The summed E-state index contributed by atoms with van der Waals surface area (Å²) in [5.41, 5.74) is 3.02. The molecular formula is C17H26N2O. The first-order chi connectivity index (χ1) is 9.80. The van der Waals surface area contributed by atoms with Crippen LogP contribution in [0.3, 0.4) is 0 Å². The smallest absolute Gasteiger partial charge is 0.0661 e. The summed E-state index contributed by atoms with van der Waals surface area (Å²) in [5, 5.41) is 3.75. The molecule has 20 heavy (non-hydrogen) atoms. The van der Waals surface area contributed by atoms with E-state index in [1.807, 2.05) is 12.3 Å². The van der Waals surface area contributed by atoms with Crippen molar-refractivity contribution in [2.24, 2.45) is 5.41 Å². The fourth-order valence-electron chi connectivity index (χ4n) is 3.90. The minimum absolute atomic E-state index is 0.442. The number of aryl methyl sites for hydroxylation is 1. The minimum Gasteiger partial charge on any atom is -0.378 e. The molecule has 2 atom stereocenters. The first kappa shape index (κ1) is 14.0. The summed E-state index contributed by atoms with van der Waals surface area (Å²) in [6, 6.07) is 4.84. The summed E-state index contributed by atoms with van der Waals surface area (Å²) in [6.07, 6.45) is 8.65. The van der Waals surface area contributed by atoms with Crippen LogP contribution in [0.25, 0.3) is 0 Å². The van der Waals surface area contributed by atoms with Gasteiger partial charge in [-0.05, 0) is 44.2 Å². The highest BCUT2D eigenvalue weighted by Crippen LogP contribution is 2.57. The zero-order chi connectivity index (χ0) is 14.0. The van der Waals surface area contributed by atoms with E-state index in [9.17, 15) is 0 Å². The monoisotopic (exact) mass is 274 g/mol. The highest BCUT2D eigenvalue weighted by atomic mass is 16.5. The highest BCUT2D eigenvalue weighted by Gasteiger charge is 2.58. The zero-order valence-corrected chi connectivity index (χ0v) is 12.7. The number of hydrogen-bond donors (Lipinski definition) is 1. The Morgan fingerprint density at radius 2 is 2.25 bits per heavy atom. The molecule has 0 aromatic carbocycles. The van der Waals surface area contributed by atoms with E-state index in [0.717, 1.165) is 19.6 Å². The Kier molecular flexibility index (Phi) is 4.08. The molecule has 110 valence electrons. The second kappa shape index (κ2) is 5.82. The molecule has 0 aliphatic heterocycles. The van der Waals surface area contributed by atoms with Crippen molar-refractivity contribution in [3.63, 3.8) is 0 Å². The molecule has 0 radical (unpaired) electrons. The molecule has 3 rings (SSSR count). The van der Waals surface area contributed by atoms with Crippen molar-refractivity contribution >= 4 is 0 Å². The fraction of sp³-hybridized carbons (Fsp3) is 0.706. The Balaban J connectivity index is 1.59. The van der Waals surface area contributed by atoms with Crippen LogP contribution in [0, 0.1) is 5.41 Å². The van der Waals surface area contributed by atoms with Crippen molar-refractivity contribution in [2.45, 2.75) is 64.6 Å². The van der Waals surface area contributed by atoms with Crippen molar-refractivity contribution in [3.05, 3.63) is 29.6 Å². The molecule has 1 aromatic heterocycles. The molecule has 3 nitrogen and oxygen atoms in total. The second-order valence-corrected chi connectivity index (χ2v) is 6.16. The Morgan fingerprint density at radius 1 is 1.40 bits per heavy atom. The van der Waals surface area contributed by atoms with Gasteiger partial charge in [-0.2, -0.15) is 0 Å². The van der Waals surface area contributed by atoms with E-state index in [1.165, 1.54) is 36.9 Å². The molecule has 2 aliphatic carbocycles. The third-order valence-corrected chi connectivity index (χ3v) is 5.32. The topological polar surface area (TPSA) is 34.1 Å². The van der Waals surface area contributed by atoms with Gasteiger partial charge in [0.15, 0.2) is 0 Å². The summed E-state index contributed by atoms with van der Waals surface area (Å²) >= 11 is 0. The molecule has 0 bridgehead atoms. The number of rotatable bonds is 6. The van der Waals surface area contributed by atoms with Crippen LogP contribution in [-0.4, -0.2) is 23.7 Å². The van der Waals surface area contributed by atoms with E-state index >= 15 is 0 Å². The van der Waals surface area contributed by atoms with Crippen molar-refractivity contribution in [3.8, 4) is 0 Å². The minimum atomic E-state index is 0.442. The predicted molar refractivity (Wildman–Crippen MR) is 80.6 cm³/mol. The Morgan fingerprint density at radius 3 is 2.90 bits per heavy atom. The molecule has 2 fully saturated rings. The second-order valence-electron chi connectivity index (χ2n) is 6.16. The van der Waals surface area contributed by atoms with E-state index in [2.05, 4.69) is 30.2 Å². The molecular weight excluding hydrogens is 248 g/mol. The van der Waals surface area contributed by atoms with Gasteiger partial charge in [-0.15, -0.1) is 0 Å². The number of nitrogens with zero attached hydrogens (tertiary/aromatic N) is 1. The fourth-order valence-corrected chi connectivity index (χ4v) is 3.90. The van der Waals surface area contributed by atoms with Gasteiger partial charge < -0.3 is 10.1 Å². The molecule has 0 amide bonds. The summed E-state index contributed by atoms with van der Waals surface area (Å²) in [6.45, 7) is 6.05. The Bertz CT molecular complexity index is 456. The van der Waals surface area contributed by atoms with Gasteiger partial charge in [0.05, 0.1) is 11.8 Å². The Labute approximate surface area is 122 Å². The van der Waals surface area contributed by atoms with Crippen LogP contribution in [0.2, 0.25) is 0 Å². The summed E-state index contributed by atoms with van der Waals surface area (Å²) in [5.74, 6) is 0. The molecule has 2 unspecified atom stereocenters.